The van der Waals surface area contributed by atoms with Gasteiger partial charge < -0.3 is 0 Å². The Labute approximate surface area is 77.4 Å². The van der Waals surface area contributed by atoms with Crippen LogP contribution in [0.3, 0.4) is 0 Å². The van der Waals surface area contributed by atoms with Gasteiger partial charge in [-0.05, 0) is 18.6 Å². The van der Waals surface area contributed by atoms with E-state index in [0.717, 1.165) is 10.7 Å². The molecule has 3 heteroatoms. The van der Waals surface area contributed by atoms with Gasteiger partial charge in [-0.3, -0.25) is 0 Å². The molecule has 1 aliphatic rings. The first-order chi connectivity index (χ1) is 4.33. The second kappa shape index (κ2) is 3.63. The van der Waals surface area contributed by atoms with E-state index in [0.29, 0.717) is 4.75 Å². The fourth-order valence-corrected chi connectivity index (χ4v) is 4.63. The first-order valence-corrected chi connectivity index (χ1v) is 6.32. The molecule has 1 fully saturated rings. The van der Waals surface area contributed by atoms with Crippen molar-refractivity contribution in [1.29, 1.82) is 0 Å². The minimum absolute atomic E-state index is 0.528. The lowest BCUT2D eigenvalue weighted by Crippen LogP contribution is -2.24. The quantitative estimate of drug-likeness (QED) is 0.697. The second-order valence-electron chi connectivity index (χ2n) is 2.40. The van der Waals surface area contributed by atoms with Crippen molar-refractivity contribution in [3.05, 3.63) is 0 Å². The van der Waals surface area contributed by atoms with Gasteiger partial charge in [0.25, 0.3) is 0 Å². The molecule has 0 nitrogen and oxygen atoms in total. The van der Waals surface area contributed by atoms with Crippen LogP contribution in [0.1, 0.15) is 12.8 Å². The summed E-state index contributed by atoms with van der Waals surface area (Å²) in [5, 5.41) is 2.27. The Balaban J connectivity index is 2.45. The third-order valence-corrected chi connectivity index (χ3v) is 6.16. The maximum Gasteiger partial charge on any atom is 0.0353 e. The van der Waals surface area contributed by atoms with Crippen molar-refractivity contribution < 1.29 is 0 Å². The van der Waals surface area contributed by atoms with Crippen molar-refractivity contribution in [2.45, 2.75) is 17.6 Å². The number of hydrogen-bond acceptors (Lipinski definition) is 1. The van der Waals surface area contributed by atoms with Crippen molar-refractivity contribution in [1.82, 2.24) is 0 Å². The third kappa shape index (κ3) is 1.87. The van der Waals surface area contributed by atoms with E-state index in [1.54, 1.807) is 0 Å². The van der Waals surface area contributed by atoms with E-state index in [9.17, 15) is 0 Å². The fourth-order valence-electron chi connectivity index (χ4n) is 1.00. The Morgan fingerprint density at radius 3 is 2.22 bits per heavy atom. The highest BCUT2D eigenvalue weighted by Gasteiger charge is 2.31. The first kappa shape index (κ1) is 8.41. The van der Waals surface area contributed by atoms with Gasteiger partial charge >= 0.3 is 0 Å². The minimum Gasteiger partial charge on any atom is -0.153 e. The highest BCUT2D eigenvalue weighted by atomic mass is 79.9. The van der Waals surface area contributed by atoms with E-state index in [-0.39, 0.29) is 0 Å². The Kier molecular flexibility index (Phi) is 3.39. The molecule has 0 radical (unpaired) electrons. The van der Waals surface area contributed by atoms with Gasteiger partial charge in [-0.15, -0.1) is 0 Å². The van der Waals surface area contributed by atoms with Crippen LogP contribution in [0, 0.1) is 0 Å². The summed E-state index contributed by atoms with van der Waals surface area (Å²) in [5.74, 6) is 1.34. The average Bonchev–Trinajstić information content (AvgIpc) is 2.36. The zero-order valence-corrected chi connectivity index (χ0v) is 9.19. The Morgan fingerprint density at radius 2 is 2.00 bits per heavy atom. The molecular weight excluding hydrogens is 264 g/mol. The molecule has 0 atom stereocenters. The lowest BCUT2D eigenvalue weighted by atomic mass is 10.1. The van der Waals surface area contributed by atoms with Crippen LogP contribution in [0.5, 0.6) is 0 Å². The van der Waals surface area contributed by atoms with Crippen LogP contribution in [0.25, 0.3) is 0 Å². The van der Waals surface area contributed by atoms with Crippen LogP contribution in [0.4, 0.5) is 0 Å². The molecule has 9 heavy (non-hydrogen) atoms. The zero-order chi connectivity index (χ0) is 6.74. The van der Waals surface area contributed by atoms with E-state index < -0.39 is 0 Å². The van der Waals surface area contributed by atoms with Gasteiger partial charge in [0.05, 0.1) is 0 Å². The number of thioether (sulfide) groups is 1. The molecule has 1 heterocycles. The lowest BCUT2D eigenvalue weighted by molar-refractivity contribution is 0.690. The van der Waals surface area contributed by atoms with E-state index in [2.05, 4.69) is 43.6 Å². The Morgan fingerprint density at radius 1 is 1.33 bits per heavy atom. The van der Waals surface area contributed by atoms with Crippen LogP contribution in [0.15, 0.2) is 0 Å². The summed E-state index contributed by atoms with van der Waals surface area (Å²) in [6.45, 7) is 0. The van der Waals surface area contributed by atoms with Gasteiger partial charge in [0.2, 0.25) is 0 Å². The minimum atomic E-state index is 0.528. The van der Waals surface area contributed by atoms with Gasteiger partial charge in [-0.2, -0.15) is 11.8 Å². The molecule has 1 saturated heterocycles. The topological polar surface area (TPSA) is 0 Å². The van der Waals surface area contributed by atoms with Crippen LogP contribution >= 0.6 is 43.6 Å². The lowest BCUT2D eigenvalue weighted by Gasteiger charge is -2.21. The van der Waals surface area contributed by atoms with E-state index in [4.69, 9.17) is 0 Å². The van der Waals surface area contributed by atoms with Crippen LogP contribution in [-0.4, -0.2) is 21.2 Å². The highest BCUT2D eigenvalue weighted by molar-refractivity contribution is 9.10. The molecule has 1 aliphatic heterocycles. The van der Waals surface area contributed by atoms with Gasteiger partial charge in [0.15, 0.2) is 0 Å². The van der Waals surface area contributed by atoms with Crippen LogP contribution < -0.4 is 0 Å². The summed E-state index contributed by atoms with van der Waals surface area (Å²) < 4.78 is 0.528. The monoisotopic (exact) mass is 272 g/mol. The number of rotatable bonds is 2. The van der Waals surface area contributed by atoms with Crippen molar-refractivity contribution >= 4 is 43.6 Å². The number of alkyl halides is 2. The van der Waals surface area contributed by atoms with E-state index in [1.807, 2.05) is 0 Å². The van der Waals surface area contributed by atoms with Gasteiger partial charge in [-0.1, -0.05) is 31.9 Å². The molecule has 0 unspecified atom stereocenters. The number of halogens is 2. The molecule has 0 aromatic rings. The normalized spacial score (nSPS) is 24.7. The zero-order valence-electron chi connectivity index (χ0n) is 5.20. The standard InChI is InChI=1S/C6H10Br2S/c7-4-6(5-8)2-1-3-9-6/h1-5H2. The summed E-state index contributed by atoms with van der Waals surface area (Å²) in [6.07, 6.45) is 2.76. The maximum atomic E-state index is 3.54. The third-order valence-electron chi connectivity index (χ3n) is 1.67. The van der Waals surface area contributed by atoms with Crippen molar-refractivity contribution in [3.8, 4) is 0 Å². The summed E-state index contributed by atoms with van der Waals surface area (Å²) in [6, 6.07) is 0. The molecule has 0 aromatic carbocycles. The van der Waals surface area contributed by atoms with Crippen molar-refractivity contribution in [2.75, 3.05) is 16.4 Å². The molecule has 0 amide bonds. The maximum absolute atomic E-state index is 3.54. The number of hydrogen-bond donors (Lipinski definition) is 0. The molecule has 54 valence electrons. The van der Waals surface area contributed by atoms with E-state index >= 15 is 0 Å². The highest BCUT2D eigenvalue weighted by Crippen LogP contribution is 2.40. The van der Waals surface area contributed by atoms with Gasteiger partial charge in [-0.25, -0.2) is 0 Å². The summed E-state index contributed by atoms with van der Waals surface area (Å²) >= 11 is 9.18. The van der Waals surface area contributed by atoms with Gasteiger partial charge in [0, 0.05) is 15.4 Å². The smallest absolute Gasteiger partial charge is 0.0353 e. The summed E-state index contributed by atoms with van der Waals surface area (Å²) in [4.78, 5) is 0. The average molecular weight is 274 g/mol. The molecule has 0 N–H and O–H groups in total. The molecule has 0 spiro atoms. The second-order valence-corrected chi connectivity index (χ2v) is 5.09. The van der Waals surface area contributed by atoms with Crippen LogP contribution in [0.2, 0.25) is 0 Å². The fraction of sp³-hybridized carbons (Fsp3) is 1.00. The largest absolute Gasteiger partial charge is 0.153 e. The SMILES string of the molecule is BrCC1(CBr)CCCS1. The van der Waals surface area contributed by atoms with Crippen LogP contribution in [-0.2, 0) is 0 Å². The van der Waals surface area contributed by atoms with Gasteiger partial charge in [0.1, 0.15) is 0 Å². The molecule has 1 rings (SSSR count). The molecule has 0 aromatic heterocycles. The Bertz CT molecular complexity index is 83.1. The first-order valence-electron chi connectivity index (χ1n) is 3.09. The summed E-state index contributed by atoms with van der Waals surface area (Å²) in [5.41, 5.74) is 0. The Hall–Kier alpha value is 1.31. The van der Waals surface area contributed by atoms with Crippen molar-refractivity contribution in [3.63, 3.8) is 0 Å². The van der Waals surface area contributed by atoms with Crippen molar-refractivity contribution in [2.24, 2.45) is 0 Å². The molecule has 0 saturated carbocycles. The van der Waals surface area contributed by atoms with E-state index in [1.165, 1.54) is 18.6 Å². The molecule has 0 bridgehead atoms. The molecular formula is C6H10Br2S. The predicted molar refractivity (Wildman–Crippen MR) is 52.0 cm³/mol. The molecule has 0 aliphatic carbocycles. The predicted octanol–water partition coefficient (Wildman–Crippen LogP) is 3.04. The summed E-state index contributed by atoms with van der Waals surface area (Å²) in [7, 11) is 0.